The molecular weight excluding hydrogens is 298 g/mol. The summed E-state index contributed by atoms with van der Waals surface area (Å²) in [6, 6.07) is 5.56. The number of nitrogens with two attached hydrogens (primary N) is 1. The fourth-order valence-corrected chi connectivity index (χ4v) is 3.52. The lowest BCUT2D eigenvalue weighted by molar-refractivity contribution is 0.445. The number of halogens is 1. The summed E-state index contributed by atoms with van der Waals surface area (Å²) in [7, 11) is -1.83. The largest absolute Gasteiger partial charge is 0.399 e. The van der Waals surface area contributed by atoms with Crippen LogP contribution < -0.4 is 10.5 Å². The fourth-order valence-electron chi connectivity index (χ4n) is 2.40. The molecule has 0 saturated carbocycles. The van der Waals surface area contributed by atoms with Crippen LogP contribution in [0.15, 0.2) is 18.2 Å². The average molecular weight is 320 g/mol. The van der Waals surface area contributed by atoms with E-state index >= 15 is 0 Å². The molecule has 114 valence electrons. The zero-order valence-corrected chi connectivity index (χ0v) is 13.4. The first-order valence-electron chi connectivity index (χ1n) is 6.56. The number of hydrogen-bond donors (Lipinski definition) is 2. The van der Waals surface area contributed by atoms with Crippen molar-refractivity contribution in [3.05, 3.63) is 29.3 Å². The van der Waals surface area contributed by atoms with Gasteiger partial charge >= 0.3 is 0 Å². The summed E-state index contributed by atoms with van der Waals surface area (Å²) in [4.78, 5) is 0. The summed E-state index contributed by atoms with van der Waals surface area (Å²) in [6.07, 6.45) is 2.76. The number of aryl methyl sites for hydroxylation is 1. The highest BCUT2D eigenvalue weighted by Crippen LogP contribution is 2.31. The molecule has 1 atom stereocenters. The Balaban J connectivity index is 0.00000200. The monoisotopic (exact) mass is 319 g/mol. The van der Waals surface area contributed by atoms with Crippen LogP contribution in [-0.2, 0) is 16.6 Å². The van der Waals surface area contributed by atoms with Gasteiger partial charge in [-0.25, -0.2) is 0 Å². The van der Waals surface area contributed by atoms with Gasteiger partial charge in [0.25, 0.3) is 10.2 Å². The molecule has 0 spiro atoms. The highest BCUT2D eigenvalue weighted by molar-refractivity contribution is 7.87. The van der Waals surface area contributed by atoms with Gasteiger partial charge in [-0.1, -0.05) is 13.0 Å². The first-order valence-corrected chi connectivity index (χ1v) is 8.00. The van der Waals surface area contributed by atoms with Gasteiger partial charge in [-0.05, 0) is 42.5 Å². The summed E-state index contributed by atoms with van der Waals surface area (Å²) in [6.45, 7) is 2.27. The minimum atomic E-state index is -3.41. The van der Waals surface area contributed by atoms with Crippen LogP contribution in [0.4, 0.5) is 5.69 Å². The molecule has 1 aromatic carbocycles. The Labute approximate surface area is 127 Å². The molecule has 0 aromatic heterocycles. The molecule has 1 aromatic rings. The molecule has 5 nitrogen and oxygen atoms in total. The lowest BCUT2D eigenvalue weighted by Crippen LogP contribution is -2.40. The van der Waals surface area contributed by atoms with Crippen molar-refractivity contribution in [1.82, 2.24) is 9.03 Å². The Kier molecular flexibility index (Phi) is 5.82. The van der Waals surface area contributed by atoms with Crippen molar-refractivity contribution >= 4 is 28.3 Å². The van der Waals surface area contributed by atoms with E-state index in [9.17, 15) is 8.42 Å². The van der Waals surface area contributed by atoms with Gasteiger partial charge in [0, 0.05) is 25.3 Å². The van der Waals surface area contributed by atoms with E-state index in [4.69, 9.17) is 5.73 Å². The van der Waals surface area contributed by atoms with E-state index in [1.54, 1.807) is 7.05 Å². The normalized spacial score (nSPS) is 18.4. The van der Waals surface area contributed by atoms with Gasteiger partial charge in [-0.3, -0.25) is 0 Å². The molecule has 0 saturated heterocycles. The first-order chi connectivity index (χ1) is 8.94. The van der Waals surface area contributed by atoms with E-state index < -0.39 is 10.2 Å². The minimum absolute atomic E-state index is 0. The van der Waals surface area contributed by atoms with E-state index in [1.807, 2.05) is 25.1 Å². The van der Waals surface area contributed by atoms with Gasteiger partial charge in [0.2, 0.25) is 0 Å². The maximum atomic E-state index is 12.1. The highest BCUT2D eigenvalue weighted by atomic mass is 35.5. The van der Waals surface area contributed by atoms with Gasteiger partial charge in [0.15, 0.2) is 0 Å². The SMILES string of the molecule is CCN(C)S(=O)(=O)NC1CCCc2cc(N)ccc21.Cl. The van der Waals surface area contributed by atoms with Crippen molar-refractivity contribution in [3.63, 3.8) is 0 Å². The maximum Gasteiger partial charge on any atom is 0.279 e. The first kappa shape index (κ1) is 17.2. The number of anilines is 1. The number of fused-ring (bicyclic) bond motifs is 1. The molecule has 0 bridgehead atoms. The molecule has 3 N–H and O–H groups in total. The van der Waals surface area contributed by atoms with Crippen LogP contribution in [0.5, 0.6) is 0 Å². The molecule has 7 heteroatoms. The molecule has 1 aliphatic carbocycles. The fraction of sp³-hybridized carbons (Fsp3) is 0.538. The predicted molar refractivity (Wildman–Crippen MR) is 84.1 cm³/mol. The van der Waals surface area contributed by atoms with Crippen LogP contribution in [0.2, 0.25) is 0 Å². The van der Waals surface area contributed by atoms with Crippen LogP contribution >= 0.6 is 12.4 Å². The Morgan fingerprint density at radius 1 is 1.45 bits per heavy atom. The minimum Gasteiger partial charge on any atom is -0.399 e. The number of nitrogens with one attached hydrogen (secondary N) is 1. The Hall–Kier alpha value is -0.820. The molecule has 20 heavy (non-hydrogen) atoms. The van der Waals surface area contributed by atoms with Crippen LogP contribution in [0.3, 0.4) is 0 Å². The van der Waals surface area contributed by atoms with Crippen molar-refractivity contribution in [1.29, 1.82) is 0 Å². The lowest BCUT2D eigenvalue weighted by atomic mass is 9.88. The third kappa shape index (κ3) is 3.63. The third-order valence-corrected chi connectivity index (χ3v) is 5.29. The van der Waals surface area contributed by atoms with Crippen LogP contribution in [0, 0.1) is 0 Å². The van der Waals surface area contributed by atoms with E-state index in [2.05, 4.69) is 4.72 Å². The summed E-state index contributed by atoms with van der Waals surface area (Å²) >= 11 is 0. The second kappa shape index (κ2) is 6.76. The van der Waals surface area contributed by atoms with E-state index in [1.165, 1.54) is 4.31 Å². The second-order valence-corrected chi connectivity index (χ2v) is 6.75. The third-order valence-electron chi connectivity index (χ3n) is 3.63. The quantitative estimate of drug-likeness (QED) is 0.832. The predicted octanol–water partition coefficient (Wildman–Crippen LogP) is 1.85. The Morgan fingerprint density at radius 2 is 2.15 bits per heavy atom. The highest BCUT2D eigenvalue weighted by Gasteiger charge is 2.26. The van der Waals surface area contributed by atoms with Gasteiger partial charge in [0.05, 0.1) is 0 Å². The average Bonchev–Trinajstić information content (AvgIpc) is 2.37. The number of nitrogens with zero attached hydrogens (tertiary/aromatic N) is 1. The number of nitrogen functional groups attached to an aromatic ring is 1. The molecular formula is C13H22ClN3O2S. The molecule has 1 aliphatic rings. The second-order valence-electron chi connectivity index (χ2n) is 4.94. The van der Waals surface area contributed by atoms with Gasteiger partial charge in [-0.2, -0.15) is 17.4 Å². The smallest absolute Gasteiger partial charge is 0.279 e. The Bertz CT molecular complexity index is 563. The van der Waals surface area contributed by atoms with Crippen molar-refractivity contribution in [2.45, 2.75) is 32.2 Å². The lowest BCUT2D eigenvalue weighted by Gasteiger charge is -2.28. The van der Waals surface area contributed by atoms with Gasteiger partial charge in [-0.15, -0.1) is 12.4 Å². The number of rotatable bonds is 4. The zero-order chi connectivity index (χ0) is 14.0. The molecule has 0 radical (unpaired) electrons. The van der Waals surface area contributed by atoms with E-state index in [0.29, 0.717) is 6.54 Å². The van der Waals surface area contributed by atoms with Crippen LogP contribution in [0.25, 0.3) is 0 Å². The summed E-state index contributed by atoms with van der Waals surface area (Å²) < 4.78 is 28.3. The van der Waals surface area contributed by atoms with Crippen molar-refractivity contribution in [2.24, 2.45) is 0 Å². The summed E-state index contributed by atoms with van der Waals surface area (Å²) in [5, 5.41) is 0. The number of hydrogen-bond acceptors (Lipinski definition) is 3. The number of benzene rings is 1. The van der Waals surface area contributed by atoms with Gasteiger partial charge < -0.3 is 5.73 Å². The molecule has 1 unspecified atom stereocenters. The van der Waals surface area contributed by atoms with Crippen molar-refractivity contribution in [3.8, 4) is 0 Å². The van der Waals surface area contributed by atoms with E-state index in [-0.39, 0.29) is 18.4 Å². The molecule has 0 aliphatic heterocycles. The van der Waals surface area contributed by atoms with Crippen LogP contribution in [-0.4, -0.2) is 26.3 Å². The van der Waals surface area contributed by atoms with Crippen LogP contribution in [0.1, 0.15) is 36.9 Å². The maximum absolute atomic E-state index is 12.1. The topological polar surface area (TPSA) is 75.4 Å². The van der Waals surface area contributed by atoms with Crippen molar-refractivity contribution < 1.29 is 8.42 Å². The zero-order valence-electron chi connectivity index (χ0n) is 11.8. The standard InChI is InChI=1S/C13H21N3O2S.ClH/c1-3-16(2)19(17,18)15-13-6-4-5-10-9-11(14)7-8-12(10)13;/h7-9,13,15H,3-6,14H2,1-2H3;1H. The van der Waals surface area contributed by atoms with E-state index in [0.717, 1.165) is 36.1 Å². The van der Waals surface area contributed by atoms with Crippen molar-refractivity contribution in [2.75, 3.05) is 19.3 Å². The summed E-state index contributed by atoms with van der Waals surface area (Å²) in [5.41, 5.74) is 8.71. The summed E-state index contributed by atoms with van der Waals surface area (Å²) in [5.74, 6) is 0. The van der Waals surface area contributed by atoms with Gasteiger partial charge in [0.1, 0.15) is 0 Å². The molecule has 2 rings (SSSR count). The molecule has 0 heterocycles. The molecule has 0 amide bonds. The Morgan fingerprint density at radius 3 is 2.80 bits per heavy atom. The molecule has 0 fully saturated rings.